The van der Waals surface area contributed by atoms with Crippen LogP contribution >= 0.6 is 19.8 Å². The van der Waals surface area contributed by atoms with Crippen LogP contribution in [0.3, 0.4) is 0 Å². The third-order valence-electron chi connectivity index (χ3n) is 3.59. The van der Waals surface area contributed by atoms with Crippen molar-refractivity contribution in [2.24, 2.45) is 5.92 Å². The fourth-order valence-corrected chi connectivity index (χ4v) is 7.36. The van der Waals surface area contributed by atoms with Crippen LogP contribution in [0.4, 0.5) is 0 Å². The summed E-state index contributed by atoms with van der Waals surface area (Å²) >= 11 is 2.26. The minimum atomic E-state index is -1.59. The van der Waals surface area contributed by atoms with Crippen LogP contribution in [-0.2, 0) is 37.5 Å². The Labute approximate surface area is 152 Å². The molecule has 0 bridgehead atoms. The summed E-state index contributed by atoms with van der Waals surface area (Å²) in [5.74, 6) is 7.24. The van der Waals surface area contributed by atoms with Crippen molar-refractivity contribution in [3.63, 3.8) is 0 Å². The van der Waals surface area contributed by atoms with Crippen LogP contribution in [0.5, 0.6) is 0 Å². The molecular weight excluding hydrogens is 470 g/mol. The van der Waals surface area contributed by atoms with E-state index in [0.717, 1.165) is 19.4 Å². The Morgan fingerprint density at radius 2 is 1.89 bits per heavy atom. The Kier molecular flexibility index (Phi) is 13.7. The van der Waals surface area contributed by atoms with Crippen LogP contribution in [0, 0.1) is 17.8 Å². The van der Waals surface area contributed by atoms with Crippen molar-refractivity contribution in [3.8, 4) is 11.8 Å². The zero-order valence-corrected chi connectivity index (χ0v) is 22.7. The first-order valence-corrected chi connectivity index (χ1v) is 21.0. The topological polar surface area (TPSA) is 9.23 Å². The first-order chi connectivity index (χ1) is 8.24. The van der Waals surface area contributed by atoms with Gasteiger partial charge in [-0.1, -0.05) is 0 Å². The van der Waals surface area contributed by atoms with E-state index in [2.05, 4.69) is 72.4 Å². The summed E-state index contributed by atoms with van der Waals surface area (Å²) in [6, 6.07) is 0. The molecule has 104 valence electrons. The van der Waals surface area contributed by atoms with E-state index in [1.807, 2.05) is 0 Å². The maximum absolute atomic E-state index is 6.30. The van der Waals surface area contributed by atoms with Crippen molar-refractivity contribution in [1.29, 1.82) is 0 Å². The summed E-state index contributed by atoms with van der Waals surface area (Å²) in [5.41, 5.74) is 0. The molecule has 1 unspecified atom stereocenters. The Morgan fingerprint density at radius 3 is 2.32 bits per heavy atom. The van der Waals surface area contributed by atoms with Gasteiger partial charge in [-0.25, -0.2) is 0 Å². The zero-order chi connectivity index (χ0) is 14.2. The standard InChI is InChI=1S/C14H27OSi.HI.2Zn/c1-8-9-10-11-13(2)12-15-16(6,7)14(3,4)5;;;/h13H,2,8-9,12H2,1,3-7H3;1H;;/q;;;+1/p-1. The van der Waals surface area contributed by atoms with Crippen LogP contribution in [0.2, 0.25) is 23.1 Å². The van der Waals surface area contributed by atoms with Gasteiger partial charge < -0.3 is 0 Å². The Hall–Kier alpha value is 1.71. The Balaban J connectivity index is 0. The minimum Gasteiger partial charge on any atom is 0 e. The number of hydrogen-bond acceptors (Lipinski definition) is 1. The van der Waals surface area contributed by atoms with Gasteiger partial charge in [-0.2, -0.15) is 0 Å². The molecule has 0 spiro atoms. The number of hydrogen-bond donors (Lipinski definition) is 0. The van der Waals surface area contributed by atoms with E-state index >= 15 is 0 Å². The van der Waals surface area contributed by atoms with E-state index in [1.54, 1.807) is 0 Å². The second-order valence-electron chi connectivity index (χ2n) is 6.32. The first kappa shape index (κ1) is 23.0. The summed E-state index contributed by atoms with van der Waals surface area (Å²) in [6.07, 6.45) is 2.19. The van der Waals surface area contributed by atoms with Crippen molar-refractivity contribution in [2.45, 2.75) is 63.7 Å². The summed E-state index contributed by atoms with van der Waals surface area (Å²) in [6.45, 7) is 14.6. The van der Waals surface area contributed by atoms with Gasteiger partial charge in [0.25, 0.3) is 0 Å². The Morgan fingerprint density at radius 1 is 1.32 bits per heavy atom. The zero-order valence-electron chi connectivity index (χ0n) is 13.6. The van der Waals surface area contributed by atoms with E-state index in [0.29, 0.717) is 11.0 Å². The van der Waals surface area contributed by atoms with E-state index in [1.165, 1.54) is 5.02 Å². The predicted molar refractivity (Wildman–Crippen MR) is 88.2 cm³/mol. The van der Waals surface area contributed by atoms with Crippen LogP contribution in [0.25, 0.3) is 0 Å². The van der Waals surface area contributed by atoms with Crippen molar-refractivity contribution in [3.05, 3.63) is 0 Å². The van der Waals surface area contributed by atoms with E-state index in [4.69, 9.17) is 4.43 Å². The fourth-order valence-electron chi connectivity index (χ4n) is 1.20. The van der Waals surface area contributed by atoms with Gasteiger partial charge >= 0.3 is 134 Å². The second-order valence-corrected chi connectivity index (χ2v) is 18.7. The van der Waals surface area contributed by atoms with Gasteiger partial charge in [-0.05, 0) is 0 Å². The third kappa shape index (κ3) is 10.1. The van der Waals surface area contributed by atoms with Crippen LogP contribution in [0.15, 0.2) is 0 Å². The van der Waals surface area contributed by atoms with Crippen molar-refractivity contribution < 1.29 is 37.5 Å². The van der Waals surface area contributed by atoms with Gasteiger partial charge in [0, 0.05) is 19.5 Å². The predicted octanol–water partition coefficient (Wildman–Crippen LogP) is 5.28. The summed E-state index contributed by atoms with van der Waals surface area (Å²) < 4.78 is 6.30. The van der Waals surface area contributed by atoms with Crippen LogP contribution < -0.4 is 0 Å². The minimum absolute atomic E-state index is 0. The van der Waals surface area contributed by atoms with Crippen LogP contribution in [-0.4, -0.2) is 14.9 Å². The molecule has 1 nitrogen and oxygen atoms in total. The molecule has 0 radical (unpaired) electrons. The summed E-state index contributed by atoms with van der Waals surface area (Å²) in [4.78, 5) is 0. The number of halogens is 1. The molecule has 0 saturated carbocycles. The molecular formula is C14H27IOSiZn2. The molecule has 0 amide bonds. The van der Waals surface area contributed by atoms with E-state index < -0.39 is 8.32 Å². The van der Waals surface area contributed by atoms with Gasteiger partial charge in [0.05, 0.1) is 0 Å². The van der Waals surface area contributed by atoms with Gasteiger partial charge in [0.1, 0.15) is 0 Å². The molecule has 0 aliphatic rings. The molecule has 0 heterocycles. The van der Waals surface area contributed by atoms with Gasteiger partial charge in [0.2, 0.25) is 0 Å². The molecule has 19 heavy (non-hydrogen) atoms. The average molecular weight is 497 g/mol. The molecule has 0 saturated heterocycles. The van der Waals surface area contributed by atoms with Crippen molar-refractivity contribution in [1.82, 2.24) is 0 Å². The number of unbranched alkanes of at least 4 members (excludes halogenated alkanes) is 1. The Bertz CT molecular complexity index is 292. The molecule has 0 aromatic rings. The van der Waals surface area contributed by atoms with Crippen molar-refractivity contribution >= 4 is 28.1 Å². The van der Waals surface area contributed by atoms with Crippen LogP contribution in [0.1, 0.15) is 40.5 Å². The normalized spacial score (nSPS) is 12.8. The van der Waals surface area contributed by atoms with Crippen molar-refractivity contribution in [2.75, 3.05) is 6.61 Å². The molecule has 0 N–H and O–H groups in total. The molecule has 0 fully saturated rings. The molecule has 5 heteroatoms. The van der Waals surface area contributed by atoms with E-state index in [9.17, 15) is 0 Å². The largest absolute Gasteiger partial charge is 0 e. The van der Waals surface area contributed by atoms with Gasteiger partial charge in [0.15, 0.2) is 0 Å². The molecule has 0 aromatic heterocycles. The molecule has 0 aliphatic carbocycles. The SMILES string of the molecule is CCCC#CC(CO[Si](C)(C)C(C)(C)C)[CH2][Zn][I].[Zn]. The molecule has 1 atom stereocenters. The summed E-state index contributed by atoms with van der Waals surface area (Å²) in [7, 11) is -1.59. The van der Waals surface area contributed by atoms with E-state index in [-0.39, 0.29) is 33.1 Å². The maximum Gasteiger partial charge on any atom is 0 e. The number of rotatable bonds is 6. The first-order valence-electron chi connectivity index (χ1n) is 6.93. The smallest absolute Gasteiger partial charge is 0 e. The summed E-state index contributed by atoms with van der Waals surface area (Å²) in [5, 5.41) is 1.64. The molecule has 0 aliphatic heterocycles. The molecule has 0 aromatic carbocycles. The maximum atomic E-state index is 6.30. The monoisotopic (exact) mass is 494 g/mol. The second kappa shape index (κ2) is 11.3. The van der Waals surface area contributed by atoms with Gasteiger partial charge in [-0.15, -0.1) is 0 Å². The third-order valence-corrected chi connectivity index (χ3v) is 13.2. The van der Waals surface area contributed by atoms with Gasteiger partial charge in [-0.3, -0.25) is 0 Å². The fraction of sp³-hybridized carbons (Fsp3) is 0.857. The average Bonchev–Trinajstić information content (AvgIpc) is 2.24. The molecule has 0 rings (SSSR count). The quantitative estimate of drug-likeness (QED) is 0.276.